The van der Waals surface area contributed by atoms with Crippen LogP contribution in [-0.2, 0) is 37.2 Å². The molecule has 1 aromatic rings. The van der Waals surface area contributed by atoms with Crippen LogP contribution in [0.15, 0.2) is 28.3 Å². The maximum atomic E-state index is 12.3. The minimum absolute atomic E-state index is 0.154. The Labute approximate surface area is 176 Å². The number of amidine groups is 1. The zero-order valence-electron chi connectivity index (χ0n) is 15.7. The van der Waals surface area contributed by atoms with Gasteiger partial charge in [-0.25, -0.2) is 13.2 Å². The van der Waals surface area contributed by atoms with Gasteiger partial charge in [-0.3, -0.25) is 9.59 Å². The topological polar surface area (TPSA) is 148 Å². The standard InChI is InChI=1S/C18H18N4O6S2/c19-16(24)15-11-2-1-3-12(11)29-17(15)20-14(23)9-28-18(25)10-4-5-13-21-30(26,27)7-6-22(13)8-10/h4-5,8H,1-3,6-7,9H2,(H2,19,24)(H,20,23). The average molecular weight is 450 g/mol. The van der Waals surface area contributed by atoms with Crippen LogP contribution in [0, 0.1) is 0 Å². The fraction of sp³-hybridized carbons (Fsp3) is 0.333. The van der Waals surface area contributed by atoms with Crippen molar-refractivity contribution in [1.82, 2.24) is 4.90 Å². The normalized spacial score (nSPS) is 18.7. The molecular formula is C18H18N4O6S2. The van der Waals surface area contributed by atoms with Crippen molar-refractivity contribution in [2.45, 2.75) is 19.3 Å². The Morgan fingerprint density at radius 1 is 1.27 bits per heavy atom. The summed E-state index contributed by atoms with van der Waals surface area (Å²) >= 11 is 1.32. The van der Waals surface area contributed by atoms with E-state index in [-0.39, 0.29) is 23.7 Å². The molecule has 0 fully saturated rings. The van der Waals surface area contributed by atoms with Crippen LogP contribution in [0.4, 0.5) is 5.00 Å². The van der Waals surface area contributed by atoms with Crippen LogP contribution in [0.1, 0.15) is 27.2 Å². The molecule has 0 bridgehead atoms. The van der Waals surface area contributed by atoms with Crippen molar-refractivity contribution in [1.29, 1.82) is 0 Å². The first kappa shape index (κ1) is 20.3. The molecule has 3 N–H and O–H groups in total. The Kier molecular flexibility index (Phi) is 5.20. The smallest absolute Gasteiger partial charge is 0.340 e. The largest absolute Gasteiger partial charge is 0.452 e. The number of fused-ring (bicyclic) bond motifs is 2. The lowest BCUT2D eigenvalue weighted by molar-refractivity contribution is -0.143. The monoisotopic (exact) mass is 450 g/mol. The SMILES string of the molecule is NC(=O)c1c(NC(=O)COC(=O)C2=CN3CCS(=O)(=O)N=C3C=C2)sc2c1CCC2. The van der Waals surface area contributed by atoms with Gasteiger partial charge >= 0.3 is 5.97 Å². The molecule has 3 heterocycles. The molecule has 1 aromatic heterocycles. The summed E-state index contributed by atoms with van der Waals surface area (Å²) in [5, 5.41) is 2.98. The molecule has 30 heavy (non-hydrogen) atoms. The summed E-state index contributed by atoms with van der Waals surface area (Å²) < 4.78 is 31.7. The number of carbonyl (C=O) groups excluding carboxylic acids is 3. The first-order chi connectivity index (χ1) is 14.2. The van der Waals surface area contributed by atoms with Gasteiger partial charge in [0, 0.05) is 17.6 Å². The molecule has 0 unspecified atom stereocenters. The second-order valence-corrected chi connectivity index (χ2v) is 9.76. The number of aryl methyl sites for hydroxylation is 1. The van der Waals surface area contributed by atoms with Gasteiger partial charge in [-0.05, 0) is 37.0 Å². The van der Waals surface area contributed by atoms with E-state index in [4.69, 9.17) is 10.5 Å². The predicted octanol–water partition coefficient (Wildman–Crippen LogP) is 0.315. The minimum Gasteiger partial charge on any atom is -0.452 e. The maximum Gasteiger partial charge on any atom is 0.340 e. The van der Waals surface area contributed by atoms with E-state index in [2.05, 4.69) is 9.71 Å². The van der Waals surface area contributed by atoms with Gasteiger partial charge in [0.2, 0.25) is 0 Å². The Hall–Kier alpha value is -2.99. The lowest BCUT2D eigenvalue weighted by Crippen LogP contribution is -2.37. The maximum absolute atomic E-state index is 12.3. The quantitative estimate of drug-likeness (QED) is 0.614. The number of sulfonamides is 1. The van der Waals surface area contributed by atoms with Crippen LogP contribution in [0.3, 0.4) is 0 Å². The van der Waals surface area contributed by atoms with Crippen molar-refractivity contribution < 1.29 is 27.5 Å². The molecular weight excluding hydrogens is 432 g/mol. The molecule has 0 aromatic carbocycles. The molecule has 4 rings (SSSR count). The summed E-state index contributed by atoms with van der Waals surface area (Å²) in [7, 11) is -3.49. The molecule has 0 radical (unpaired) electrons. The van der Waals surface area contributed by atoms with Crippen molar-refractivity contribution in [3.8, 4) is 0 Å². The van der Waals surface area contributed by atoms with Gasteiger partial charge in [0.1, 0.15) is 10.8 Å². The van der Waals surface area contributed by atoms with Gasteiger partial charge in [-0.1, -0.05) is 0 Å². The van der Waals surface area contributed by atoms with E-state index in [1.165, 1.54) is 34.6 Å². The molecule has 1 aliphatic carbocycles. The Morgan fingerprint density at radius 2 is 2.07 bits per heavy atom. The second kappa shape index (κ2) is 7.69. The number of nitrogens with one attached hydrogen (secondary N) is 1. The highest BCUT2D eigenvalue weighted by atomic mass is 32.2. The van der Waals surface area contributed by atoms with Crippen LogP contribution in [-0.4, -0.2) is 55.8 Å². The third kappa shape index (κ3) is 4.00. The summed E-state index contributed by atoms with van der Waals surface area (Å²) in [5.41, 5.74) is 6.84. The number of hydrogen-bond donors (Lipinski definition) is 2. The first-order valence-electron chi connectivity index (χ1n) is 9.14. The summed E-state index contributed by atoms with van der Waals surface area (Å²) in [6, 6.07) is 0. The van der Waals surface area contributed by atoms with E-state index in [0.717, 1.165) is 29.7 Å². The first-order valence-corrected chi connectivity index (χ1v) is 11.6. The average Bonchev–Trinajstić information content (AvgIpc) is 3.25. The molecule has 0 spiro atoms. The fourth-order valence-corrected chi connectivity index (χ4v) is 5.73. The summed E-state index contributed by atoms with van der Waals surface area (Å²) in [5.74, 6) is -1.85. The van der Waals surface area contributed by atoms with Crippen LogP contribution < -0.4 is 11.1 Å². The number of hydrogen-bond acceptors (Lipinski definition) is 8. The lowest BCUT2D eigenvalue weighted by Gasteiger charge is -2.26. The molecule has 2 amide bonds. The molecule has 0 saturated heterocycles. The zero-order valence-corrected chi connectivity index (χ0v) is 17.3. The summed E-state index contributed by atoms with van der Waals surface area (Å²) in [6.07, 6.45) is 6.76. The van der Waals surface area contributed by atoms with Gasteiger partial charge in [-0.2, -0.15) is 0 Å². The van der Waals surface area contributed by atoms with E-state index in [1.54, 1.807) is 0 Å². The number of primary amides is 1. The van der Waals surface area contributed by atoms with Crippen molar-refractivity contribution in [3.05, 3.63) is 39.9 Å². The number of ether oxygens (including phenoxy) is 1. The van der Waals surface area contributed by atoms with E-state index in [0.29, 0.717) is 10.6 Å². The third-order valence-corrected chi connectivity index (χ3v) is 7.19. The molecule has 158 valence electrons. The number of rotatable bonds is 5. The highest BCUT2D eigenvalue weighted by Gasteiger charge is 2.27. The zero-order chi connectivity index (χ0) is 21.5. The Balaban J connectivity index is 1.37. The molecule has 0 saturated carbocycles. The van der Waals surface area contributed by atoms with E-state index >= 15 is 0 Å². The number of anilines is 1. The number of esters is 1. The number of thiophene rings is 1. The van der Waals surface area contributed by atoms with Gasteiger partial charge < -0.3 is 20.7 Å². The van der Waals surface area contributed by atoms with Crippen LogP contribution in [0.25, 0.3) is 0 Å². The number of carbonyl (C=O) groups is 3. The lowest BCUT2D eigenvalue weighted by atomic mass is 10.1. The van der Waals surface area contributed by atoms with Gasteiger partial charge in [0.15, 0.2) is 6.61 Å². The summed E-state index contributed by atoms with van der Waals surface area (Å²) in [6.45, 7) is -0.373. The van der Waals surface area contributed by atoms with Crippen molar-refractivity contribution in [2.75, 3.05) is 24.2 Å². The molecule has 12 heteroatoms. The van der Waals surface area contributed by atoms with Crippen molar-refractivity contribution >= 4 is 50.0 Å². The molecule has 10 nitrogen and oxygen atoms in total. The summed E-state index contributed by atoms with van der Waals surface area (Å²) in [4.78, 5) is 38.8. The van der Waals surface area contributed by atoms with Gasteiger partial charge in [0.05, 0.1) is 16.9 Å². The highest BCUT2D eigenvalue weighted by Crippen LogP contribution is 2.38. The number of nitrogens with two attached hydrogens (primary N) is 1. The fourth-order valence-electron chi connectivity index (χ4n) is 3.45. The Bertz CT molecular complexity index is 1150. The molecule has 0 atom stereocenters. The van der Waals surface area contributed by atoms with E-state index < -0.39 is 34.4 Å². The molecule has 3 aliphatic rings. The third-order valence-electron chi connectivity index (χ3n) is 4.81. The number of amides is 2. The van der Waals surface area contributed by atoms with Crippen LogP contribution >= 0.6 is 11.3 Å². The van der Waals surface area contributed by atoms with Crippen molar-refractivity contribution in [3.63, 3.8) is 0 Å². The predicted molar refractivity (Wildman–Crippen MR) is 110 cm³/mol. The highest BCUT2D eigenvalue weighted by molar-refractivity contribution is 7.90. The van der Waals surface area contributed by atoms with Crippen LogP contribution in [0.5, 0.6) is 0 Å². The van der Waals surface area contributed by atoms with Gasteiger partial charge in [-0.15, -0.1) is 15.7 Å². The number of nitrogens with zero attached hydrogens (tertiary/aromatic N) is 2. The molecule has 2 aliphatic heterocycles. The van der Waals surface area contributed by atoms with E-state index in [9.17, 15) is 22.8 Å². The van der Waals surface area contributed by atoms with E-state index in [1.807, 2.05) is 0 Å². The Morgan fingerprint density at radius 3 is 2.83 bits per heavy atom. The van der Waals surface area contributed by atoms with Gasteiger partial charge in [0.25, 0.3) is 21.8 Å². The second-order valence-electron chi connectivity index (χ2n) is 6.90. The minimum atomic E-state index is -3.49. The van der Waals surface area contributed by atoms with Crippen molar-refractivity contribution in [2.24, 2.45) is 10.1 Å². The van der Waals surface area contributed by atoms with Crippen LogP contribution in [0.2, 0.25) is 0 Å².